The normalized spacial score (nSPS) is 21.2. The van der Waals surface area contributed by atoms with E-state index >= 15 is 0 Å². The summed E-state index contributed by atoms with van der Waals surface area (Å²) in [6.07, 6.45) is 6.71. The second kappa shape index (κ2) is 11.6. The van der Waals surface area contributed by atoms with Gasteiger partial charge in [0.15, 0.2) is 11.5 Å². The average molecular weight is 653 g/mol. The Labute approximate surface area is 291 Å². The van der Waals surface area contributed by atoms with Crippen LogP contribution in [0.1, 0.15) is 33.4 Å². The lowest BCUT2D eigenvalue weighted by Crippen LogP contribution is -2.45. The van der Waals surface area contributed by atoms with Gasteiger partial charge in [0.25, 0.3) is 0 Å². The standard InChI is InChI=1S/C46H36O4/c1-48-35-23-21-34(22-24-35)45(33-16-7-4-8-17-33)26-25-32-28-41(49-2)44-43(38(32)29-45)46(47,42-37-19-10-9-15-31(37)27-40(42)50-44)39-20-12-11-18-36(39)30-13-5-3-6-14-30/h3-28,40,47H,29H2,1-2H3. The zero-order valence-electron chi connectivity index (χ0n) is 28.0. The van der Waals surface area contributed by atoms with Gasteiger partial charge >= 0.3 is 0 Å². The van der Waals surface area contributed by atoms with Gasteiger partial charge in [-0.3, -0.25) is 0 Å². The van der Waals surface area contributed by atoms with Crippen LogP contribution >= 0.6 is 0 Å². The molecule has 3 aliphatic rings. The summed E-state index contributed by atoms with van der Waals surface area (Å²) in [7, 11) is 3.36. The van der Waals surface area contributed by atoms with Crippen LogP contribution in [0.25, 0.3) is 28.9 Å². The number of hydrogen-bond acceptors (Lipinski definition) is 4. The molecule has 244 valence electrons. The number of allylic oxidation sites excluding steroid dienone is 1. The van der Waals surface area contributed by atoms with E-state index in [1.807, 2.05) is 54.6 Å². The first kappa shape index (κ1) is 30.2. The lowest BCUT2D eigenvalue weighted by atomic mass is 9.63. The van der Waals surface area contributed by atoms with E-state index in [9.17, 15) is 5.11 Å². The highest BCUT2D eigenvalue weighted by molar-refractivity contribution is 5.87. The molecule has 0 bridgehead atoms. The van der Waals surface area contributed by atoms with Gasteiger partial charge in [-0.05, 0) is 74.5 Å². The van der Waals surface area contributed by atoms with Gasteiger partial charge in [0.2, 0.25) is 0 Å². The van der Waals surface area contributed by atoms with E-state index < -0.39 is 17.1 Å². The number of methoxy groups -OCH3 is 2. The smallest absolute Gasteiger partial charge is 0.169 e. The molecular weight excluding hydrogens is 617 g/mol. The Balaban J connectivity index is 1.39. The Bertz CT molecular complexity index is 2410. The summed E-state index contributed by atoms with van der Waals surface area (Å²) in [4.78, 5) is 0. The van der Waals surface area contributed by atoms with E-state index in [-0.39, 0.29) is 0 Å². The second-order valence-electron chi connectivity index (χ2n) is 13.3. The summed E-state index contributed by atoms with van der Waals surface area (Å²) < 4.78 is 18.6. The third kappa shape index (κ3) is 4.42. The van der Waals surface area contributed by atoms with Crippen LogP contribution in [0.15, 0.2) is 146 Å². The van der Waals surface area contributed by atoms with Crippen LogP contribution in [0.3, 0.4) is 0 Å². The van der Waals surface area contributed by atoms with Gasteiger partial charge in [-0.1, -0.05) is 133 Å². The number of benzene rings is 6. The van der Waals surface area contributed by atoms with Crippen LogP contribution in [0.5, 0.6) is 17.2 Å². The Morgan fingerprint density at radius 3 is 2.16 bits per heavy atom. The highest BCUT2D eigenvalue weighted by Crippen LogP contribution is 2.57. The highest BCUT2D eigenvalue weighted by Gasteiger charge is 2.52. The molecule has 4 nitrogen and oxygen atoms in total. The zero-order valence-corrected chi connectivity index (χ0v) is 28.0. The molecule has 1 heterocycles. The van der Waals surface area contributed by atoms with Crippen LogP contribution < -0.4 is 24.6 Å². The van der Waals surface area contributed by atoms with Crippen LogP contribution in [0, 0.1) is 0 Å². The molecule has 1 aliphatic heterocycles. The molecule has 6 aromatic carbocycles. The molecule has 50 heavy (non-hydrogen) atoms. The van der Waals surface area contributed by atoms with Gasteiger partial charge < -0.3 is 19.3 Å². The molecule has 0 aromatic heterocycles. The van der Waals surface area contributed by atoms with Crippen molar-refractivity contribution in [1.29, 1.82) is 0 Å². The quantitative estimate of drug-likeness (QED) is 0.202. The number of fused-ring (bicyclic) bond motifs is 5. The van der Waals surface area contributed by atoms with Gasteiger partial charge in [-0.25, -0.2) is 0 Å². The third-order valence-electron chi connectivity index (χ3n) is 10.8. The number of hydrogen-bond donors (Lipinski definition) is 1. The molecule has 3 atom stereocenters. The van der Waals surface area contributed by atoms with Gasteiger partial charge in [0.1, 0.15) is 17.5 Å². The molecule has 0 radical (unpaired) electrons. The highest BCUT2D eigenvalue weighted by atomic mass is 16.5. The van der Waals surface area contributed by atoms with E-state index in [0.29, 0.717) is 17.9 Å². The Morgan fingerprint density at radius 2 is 1.40 bits per heavy atom. The van der Waals surface area contributed by atoms with Crippen LogP contribution in [0.2, 0.25) is 0 Å². The van der Waals surface area contributed by atoms with Crippen molar-refractivity contribution in [3.63, 3.8) is 0 Å². The van der Waals surface area contributed by atoms with Gasteiger partial charge in [-0.2, -0.15) is 0 Å². The van der Waals surface area contributed by atoms with E-state index in [2.05, 4.69) is 103 Å². The molecule has 0 saturated heterocycles. The average Bonchev–Trinajstić information content (AvgIpc) is 3.57. The van der Waals surface area contributed by atoms with Crippen LogP contribution in [-0.2, 0) is 17.4 Å². The fourth-order valence-corrected chi connectivity index (χ4v) is 8.44. The van der Waals surface area contributed by atoms with Gasteiger partial charge in [-0.15, -0.1) is 0 Å². The summed E-state index contributed by atoms with van der Waals surface area (Å²) in [6, 6.07) is 47.8. The Hall–Kier alpha value is -5.84. The summed E-state index contributed by atoms with van der Waals surface area (Å²) in [5, 5.41) is 16.1. The van der Waals surface area contributed by atoms with E-state index in [1.165, 1.54) is 0 Å². The van der Waals surface area contributed by atoms with E-state index in [4.69, 9.17) is 14.2 Å². The molecule has 0 saturated carbocycles. The van der Waals surface area contributed by atoms with Gasteiger partial charge in [0, 0.05) is 22.1 Å². The molecule has 0 amide bonds. The van der Waals surface area contributed by atoms with Crippen LogP contribution in [0.4, 0.5) is 0 Å². The minimum Gasteiger partial charge on any atom is -0.497 e. The van der Waals surface area contributed by atoms with Gasteiger partial charge in [0.05, 0.1) is 14.2 Å². The van der Waals surface area contributed by atoms with Crippen molar-refractivity contribution in [3.8, 4) is 28.4 Å². The monoisotopic (exact) mass is 652 g/mol. The summed E-state index contributed by atoms with van der Waals surface area (Å²) >= 11 is 0. The fraction of sp³-hybridized carbons (Fsp3) is 0.130. The molecule has 2 aliphatic carbocycles. The largest absolute Gasteiger partial charge is 0.497 e. The molecule has 9 rings (SSSR count). The van der Waals surface area contributed by atoms with E-state index in [0.717, 1.165) is 66.3 Å². The van der Waals surface area contributed by atoms with Crippen LogP contribution in [-0.4, -0.2) is 25.4 Å². The first-order valence-electron chi connectivity index (χ1n) is 17.0. The number of aliphatic hydroxyl groups is 1. The maximum atomic E-state index is 14.1. The second-order valence-corrected chi connectivity index (χ2v) is 13.3. The molecule has 0 fully saturated rings. The first-order chi connectivity index (χ1) is 24.5. The summed E-state index contributed by atoms with van der Waals surface area (Å²) in [5.74, 6) is 1.97. The predicted octanol–water partition coefficient (Wildman–Crippen LogP) is 7.57. The topological polar surface area (TPSA) is 47.9 Å². The molecule has 0 spiro atoms. The number of ether oxygens (including phenoxy) is 3. The summed E-state index contributed by atoms with van der Waals surface area (Å²) in [6.45, 7) is 0. The van der Waals surface area contributed by atoms with Crippen molar-refractivity contribution in [3.05, 3.63) is 189 Å². The summed E-state index contributed by atoms with van der Waals surface area (Å²) in [5.41, 5.74) is 6.55. The molecule has 1 N–H and O–H groups in total. The lowest BCUT2D eigenvalue weighted by Gasteiger charge is -2.45. The van der Waals surface area contributed by atoms with Crippen molar-refractivity contribution in [1.82, 2.24) is 0 Å². The number of rotatable bonds is 6. The van der Waals surface area contributed by atoms with Crippen molar-refractivity contribution in [2.45, 2.75) is 23.5 Å². The fourth-order valence-electron chi connectivity index (χ4n) is 8.44. The molecule has 4 heteroatoms. The molecule has 6 aromatic rings. The minimum absolute atomic E-state index is 0.486. The Kier molecular flexibility index (Phi) is 7.04. The van der Waals surface area contributed by atoms with Crippen molar-refractivity contribution in [2.24, 2.45) is 0 Å². The zero-order chi connectivity index (χ0) is 33.9. The molecular formula is C46H36O4. The molecule has 3 unspecified atom stereocenters. The van der Waals surface area contributed by atoms with Crippen molar-refractivity contribution >= 4 is 17.7 Å². The SMILES string of the molecule is COc1ccc(C2(c3ccccc3)C=Cc3cc(OC)c4c(c3C2)C(O)(c2ccccc2-c2ccccc2)C2=c3ccccc3=CC2O4)cc1. The van der Waals surface area contributed by atoms with Crippen molar-refractivity contribution < 1.29 is 19.3 Å². The predicted molar refractivity (Wildman–Crippen MR) is 199 cm³/mol. The first-order valence-corrected chi connectivity index (χ1v) is 17.0. The Morgan fingerprint density at radius 1 is 0.720 bits per heavy atom. The van der Waals surface area contributed by atoms with E-state index in [1.54, 1.807) is 14.2 Å². The maximum Gasteiger partial charge on any atom is 0.169 e. The van der Waals surface area contributed by atoms with Crippen molar-refractivity contribution in [2.75, 3.05) is 14.2 Å². The third-order valence-corrected chi connectivity index (χ3v) is 10.8. The lowest BCUT2D eigenvalue weighted by molar-refractivity contribution is 0.105. The maximum absolute atomic E-state index is 14.1. The minimum atomic E-state index is -1.57.